The predicted octanol–water partition coefficient (Wildman–Crippen LogP) is 1.36. The van der Waals surface area contributed by atoms with E-state index in [2.05, 4.69) is 17.1 Å². The van der Waals surface area contributed by atoms with Gasteiger partial charge in [-0.15, -0.1) is 0 Å². The molecule has 0 spiro atoms. The van der Waals surface area contributed by atoms with Gasteiger partial charge in [0.15, 0.2) is 0 Å². The second-order valence-electron chi connectivity index (χ2n) is 4.56. The summed E-state index contributed by atoms with van der Waals surface area (Å²) < 4.78 is 6.91. The van der Waals surface area contributed by atoms with Crippen molar-refractivity contribution in [2.45, 2.75) is 25.9 Å². The summed E-state index contributed by atoms with van der Waals surface area (Å²) in [6.45, 7) is 2.83. The van der Waals surface area contributed by atoms with Crippen LogP contribution >= 0.6 is 0 Å². The van der Waals surface area contributed by atoms with E-state index in [0.29, 0.717) is 19.6 Å². The van der Waals surface area contributed by atoms with Gasteiger partial charge in [-0.2, -0.15) is 0 Å². The minimum Gasteiger partial charge on any atom is -0.465 e. The van der Waals surface area contributed by atoms with Gasteiger partial charge >= 0.3 is 5.97 Å². The highest BCUT2D eigenvalue weighted by molar-refractivity contribution is 5.75. The molecule has 0 saturated heterocycles. The molecule has 0 aliphatic heterocycles. The van der Waals surface area contributed by atoms with Gasteiger partial charge in [-0.3, -0.25) is 4.79 Å². The lowest BCUT2D eigenvalue weighted by atomic mass is 10.1. The first kappa shape index (κ1) is 14.3. The lowest BCUT2D eigenvalue weighted by Crippen LogP contribution is -2.35. The monoisotopic (exact) mass is 273 g/mol. The Morgan fingerprint density at radius 3 is 2.85 bits per heavy atom. The third kappa shape index (κ3) is 3.68. The second-order valence-corrected chi connectivity index (χ2v) is 4.56. The largest absolute Gasteiger partial charge is 0.465 e. The van der Waals surface area contributed by atoms with Crippen molar-refractivity contribution in [3.63, 3.8) is 0 Å². The van der Waals surface area contributed by atoms with Crippen LogP contribution in [0.5, 0.6) is 0 Å². The topological polar surface area (TPSA) is 70.1 Å². The Bertz CT molecular complexity index is 551. The van der Waals surface area contributed by atoms with E-state index in [0.717, 1.165) is 5.69 Å². The minimum atomic E-state index is -0.652. The number of benzene rings is 1. The molecule has 0 aliphatic rings. The van der Waals surface area contributed by atoms with E-state index in [-0.39, 0.29) is 5.97 Å². The highest BCUT2D eigenvalue weighted by Gasteiger charge is 2.17. The van der Waals surface area contributed by atoms with Crippen LogP contribution in [0, 0.1) is 0 Å². The summed E-state index contributed by atoms with van der Waals surface area (Å²) in [6, 6.07) is 9.42. The Balaban J connectivity index is 2.03. The second kappa shape index (κ2) is 6.86. The standard InChI is InChI=1S/C15H19N3O2/c1-2-20-15(19)14(16)8-13-9-17-11-18(13)10-12-6-4-3-5-7-12/h3-7,9,11,14H,2,8,10,16H2,1H3. The Hall–Kier alpha value is -2.14. The van der Waals surface area contributed by atoms with Gasteiger partial charge in [-0.25, -0.2) is 4.98 Å². The molecule has 0 radical (unpaired) electrons. The molecule has 0 aliphatic carbocycles. The van der Waals surface area contributed by atoms with E-state index in [1.165, 1.54) is 5.56 Å². The molecule has 0 fully saturated rings. The average molecular weight is 273 g/mol. The molecule has 2 rings (SSSR count). The van der Waals surface area contributed by atoms with Crippen LogP contribution in [-0.2, 0) is 22.5 Å². The zero-order chi connectivity index (χ0) is 14.4. The van der Waals surface area contributed by atoms with Crippen LogP contribution in [0.15, 0.2) is 42.9 Å². The Morgan fingerprint density at radius 1 is 1.40 bits per heavy atom. The summed E-state index contributed by atoms with van der Waals surface area (Å²) in [7, 11) is 0. The normalized spacial score (nSPS) is 12.1. The first-order valence-corrected chi connectivity index (χ1v) is 6.66. The maximum Gasteiger partial charge on any atom is 0.323 e. The molecular weight excluding hydrogens is 254 g/mol. The molecule has 5 heteroatoms. The van der Waals surface area contributed by atoms with Crippen LogP contribution in [0.3, 0.4) is 0 Å². The third-order valence-corrected chi connectivity index (χ3v) is 3.01. The average Bonchev–Trinajstić information content (AvgIpc) is 2.87. The van der Waals surface area contributed by atoms with E-state index >= 15 is 0 Å². The summed E-state index contributed by atoms with van der Waals surface area (Å²) in [4.78, 5) is 15.7. The number of ether oxygens (including phenoxy) is 1. The van der Waals surface area contributed by atoms with Crippen LogP contribution in [0.2, 0.25) is 0 Å². The van der Waals surface area contributed by atoms with Crippen molar-refractivity contribution < 1.29 is 9.53 Å². The quantitative estimate of drug-likeness (QED) is 0.807. The smallest absolute Gasteiger partial charge is 0.323 e. The molecule has 106 valence electrons. The van der Waals surface area contributed by atoms with Gasteiger partial charge in [0.25, 0.3) is 0 Å². The van der Waals surface area contributed by atoms with Gasteiger partial charge in [0.2, 0.25) is 0 Å². The molecule has 1 aromatic carbocycles. The van der Waals surface area contributed by atoms with Gasteiger partial charge in [0.05, 0.1) is 12.9 Å². The van der Waals surface area contributed by atoms with Crippen molar-refractivity contribution in [2.75, 3.05) is 6.61 Å². The number of carbonyl (C=O) groups is 1. The molecular formula is C15H19N3O2. The van der Waals surface area contributed by atoms with Gasteiger partial charge in [0, 0.05) is 24.9 Å². The van der Waals surface area contributed by atoms with E-state index in [1.807, 2.05) is 22.8 Å². The summed E-state index contributed by atoms with van der Waals surface area (Å²) in [5.74, 6) is -0.375. The van der Waals surface area contributed by atoms with Crippen molar-refractivity contribution >= 4 is 5.97 Å². The minimum absolute atomic E-state index is 0.343. The van der Waals surface area contributed by atoms with Gasteiger partial charge < -0.3 is 15.0 Å². The Labute approximate surface area is 118 Å². The van der Waals surface area contributed by atoms with Crippen molar-refractivity contribution in [3.05, 3.63) is 54.1 Å². The molecule has 5 nitrogen and oxygen atoms in total. The number of imidazole rings is 1. The maximum absolute atomic E-state index is 11.6. The van der Waals surface area contributed by atoms with Crippen molar-refractivity contribution in [1.82, 2.24) is 9.55 Å². The number of rotatable bonds is 6. The number of carbonyl (C=O) groups excluding carboxylic acids is 1. The lowest BCUT2D eigenvalue weighted by molar-refractivity contribution is -0.144. The van der Waals surface area contributed by atoms with Gasteiger partial charge in [-0.1, -0.05) is 30.3 Å². The number of hydrogen-bond acceptors (Lipinski definition) is 4. The van der Waals surface area contributed by atoms with Crippen LogP contribution in [-0.4, -0.2) is 28.2 Å². The molecule has 0 saturated carbocycles. The number of aromatic nitrogens is 2. The highest BCUT2D eigenvalue weighted by Crippen LogP contribution is 2.08. The van der Waals surface area contributed by atoms with Gasteiger partial charge in [0.1, 0.15) is 6.04 Å². The van der Waals surface area contributed by atoms with E-state index in [4.69, 9.17) is 10.5 Å². The first-order valence-electron chi connectivity index (χ1n) is 6.66. The van der Waals surface area contributed by atoms with Crippen LogP contribution in [0.1, 0.15) is 18.2 Å². The molecule has 0 bridgehead atoms. The highest BCUT2D eigenvalue weighted by atomic mass is 16.5. The van der Waals surface area contributed by atoms with Gasteiger partial charge in [-0.05, 0) is 12.5 Å². The number of nitrogens with zero attached hydrogens (tertiary/aromatic N) is 2. The molecule has 2 N–H and O–H groups in total. The molecule has 1 unspecified atom stereocenters. The summed E-state index contributed by atoms with van der Waals surface area (Å²) in [6.07, 6.45) is 3.91. The third-order valence-electron chi connectivity index (χ3n) is 3.01. The molecule has 1 atom stereocenters. The lowest BCUT2D eigenvalue weighted by Gasteiger charge is -2.12. The van der Waals surface area contributed by atoms with Crippen LogP contribution in [0.4, 0.5) is 0 Å². The molecule has 20 heavy (non-hydrogen) atoms. The SMILES string of the molecule is CCOC(=O)C(N)Cc1cncn1Cc1ccccc1. The summed E-state index contributed by atoms with van der Waals surface area (Å²) in [5, 5.41) is 0. The van der Waals surface area contributed by atoms with E-state index in [9.17, 15) is 4.79 Å². The van der Waals surface area contributed by atoms with Crippen molar-refractivity contribution in [3.8, 4) is 0 Å². The zero-order valence-corrected chi connectivity index (χ0v) is 11.5. The first-order chi connectivity index (χ1) is 9.70. The fourth-order valence-electron chi connectivity index (χ4n) is 2.00. The summed E-state index contributed by atoms with van der Waals surface area (Å²) >= 11 is 0. The molecule has 0 amide bonds. The molecule has 1 heterocycles. The Kier molecular flexibility index (Phi) is 4.90. The van der Waals surface area contributed by atoms with Crippen LogP contribution in [0.25, 0.3) is 0 Å². The van der Waals surface area contributed by atoms with E-state index in [1.54, 1.807) is 19.4 Å². The van der Waals surface area contributed by atoms with E-state index < -0.39 is 6.04 Å². The Morgan fingerprint density at radius 2 is 2.15 bits per heavy atom. The molecule has 1 aromatic heterocycles. The van der Waals surface area contributed by atoms with Crippen molar-refractivity contribution in [2.24, 2.45) is 5.73 Å². The van der Waals surface area contributed by atoms with Crippen molar-refractivity contribution in [1.29, 1.82) is 0 Å². The zero-order valence-electron chi connectivity index (χ0n) is 11.5. The number of nitrogens with two attached hydrogens (primary N) is 1. The molecule has 2 aromatic rings. The number of esters is 1. The maximum atomic E-state index is 11.6. The fraction of sp³-hybridized carbons (Fsp3) is 0.333. The fourth-order valence-corrected chi connectivity index (χ4v) is 2.00. The predicted molar refractivity (Wildman–Crippen MR) is 76.1 cm³/mol. The number of hydrogen-bond donors (Lipinski definition) is 1. The summed E-state index contributed by atoms with van der Waals surface area (Å²) in [5.41, 5.74) is 7.94. The van der Waals surface area contributed by atoms with Crippen LogP contribution < -0.4 is 5.73 Å².